The van der Waals surface area contributed by atoms with Crippen molar-refractivity contribution in [1.82, 2.24) is 5.32 Å². The van der Waals surface area contributed by atoms with Gasteiger partial charge in [-0.3, -0.25) is 0 Å². The van der Waals surface area contributed by atoms with Gasteiger partial charge in [-0.1, -0.05) is 46.0 Å². The highest BCUT2D eigenvalue weighted by Gasteiger charge is 2.20. The van der Waals surface area contributed by atoms with Gasteiger partial charge in [-0.25, -0.2) is 0 Å². The average molecular weight is 211 g/mol. The Balaban J connectivity index is 1.81. The molecular formula is C14H29N. The first-order chi connectivity index (χ1) is 7.33. The van der Waals surface area contributed by atoms with E-state index in [4.69, 9.17) is 0 Å². The molecule has 1 aliphatic carbocycles. The molecule has 0 aliphatic heterocycles. The van der Waals surface area contributed by atoms with Crippen molar-refractivity contribution >= 4 is 0 Å². The van der Waals surface area contributed by atoms with E-state index in [1.807, 2.05) is 0 Å². The number of hydrogen-bond donors (Lipinski definition) is 1. The summed E-state index contributed by atoms with van der Waals surface area (Å²) in [5.74, 6) is 2.03. The predicted molar refractivity (Wildman–Crippen MR) is 68.1 cm³/mol. The van der Waals surface area contributed by atoms with Crippen molar-refractivity contribution in [3.05, 3.63) is 0 Å². The molecule has 0 aromatic heterocycles. The molecule has 2 unspecified atom stereocenters. The Hall–Kier alpha value is -0.0400. The fourth-order valence-corrected chi connectivity index (χ4v) is 2.70. The minimum absolute atomic E-state index is 1.000. The third-order valence-corrected chi connectivity index (χ3v) is 3.74. The summed E-state index contributed by atoms with van der Waals surface area (Å²) in [4.78, 5) is 0. The van der Waals surface area contributed by atoms with Gasteiger partial charge in [-0.2, -0.15) is 0 Å². The summed E-state index contributed by atoms with van der Waals surface area (Å²) >= 11 is 0. The smallest absolute Gasteiger partial charge is 0.00463 e. The van der Waals surface area contributed by atoms with E-state index in [-0.39, 0.29) is 0 Å². The fourth-order valence-electron chi connectivity index (χ4n) is 2.70. The third-order valence-electron chi connectivity index (χ3n) is 3.74. The summed E-state index contributed by atoms with van der Waals surface area (Å²) < 4.78 is 0. The molecule has 1 aliphatic rings. The second-order valence-corrected chi connectivity index (χ2v) is 5.38. The van der Waals surface area contributed by atoms with Crippen LogP contribution in [0, 0.1) is 11.8 Å². The molecular weight excluding hydrogens is 182 g/mol. The molecule has 0 amide bonds. The second kappa shape index (κ2) is 8.15. The molecule has 0 aromatic carbocycles. The Morgan fingerprint density at radius 3 is 2.60 bits per heavy atom. The van der Waals surface area contributed by atoms with Gasteiger partial charge in [0, 0.05) is 0 Å². The molecule has 1 heteroatoms. The van der Waals surface area contributed by atoms with Gasteiger partial charge >= 0.3 is 0 Å². The highest BCUT2D eigenvalue weighted by Crippen LogP contribution is 2.31. The van der Waals surface area contributed by atoms with Gasteiger partial charge in [-0.05, 0) is 44.2 Å². The van der Waals surface area contributed by atoms with E-state index in [0.29, 0.717) is 0 Å². The summed E-state index contributed by atoms with van der Waals surface area (Å²) in [7, 11) is 0. The van der Waals surface area contributed by atoms with E-state index < -0.39 is 0 Å². The summed E-state index contributed by atoms with van der Waals surface area (Å²) in [6.45, 7) is 7.17. The maximum atomic E-state index is 3.59. The Bertz CT molecular complexity index is 144. The first kappa shape index (κ1) is 13.0. The Labute approximate surface area is 96.0 Å². The maximum Gasteiger partial charge on any atom is -0.00463 e. The third kappa shape index (κ3) is 6.19. The summed E-state index contributed by atoms with van der Waals surface area (Å²) in [6, 6.07) is 0. The molecule has 0 aromatic rings. The van der Waals surface area contributed by atoms with Crippen molar-refractivity contribution < 1.29 is 0 Å². The first-order valence-electron chi connectivity index (χ1n) is 7.03. The first-order valence-corrected chi connectivity index (χ1v) is 7.03. The number of hydrogen-bond acceptors (Lipinski definition) is 1. The lowest BCUT2D eigenvalue weighted by Gasteiger charge is -2.10. The Morgan fingerprint density at radius 1 is 1.07 bits per heavy atom. The summed E-state index contributed by atoms with van der Waals surface area (Å²) in [5, 5.41) is 3.59. The van der Waals surface area contributed by atoms with Crippen LogP contribution in [0.4, 0.5) is 0 Å². The van der Waals surface area contributed by atoms with Crippen molar-refractivity contribution in [3.8, 4) is 0 Å². The van der Waals surface area contributed by atoms with E-state index >= 15 is 0 Å². The molecule has 0 heterocycles. The zero-order chi connectivity index (χ0) is 10.9. The Kier molecular flexibility index (Phi) is 7.08. The normalized spacial score (nSPS) is 26.0. The fraction of sp³-hybridized carbons (Fsp3) is 1.00. The standard InChI is InChI=1S/C14H29N/c1-3-4-5-6-10-15-11-9-14-8-7-13(2)12-14/h13-15H,3-12H2,1-2H3. The van der Waals surface area contributed by atoms with Crippen molar-refractivity contribution in [3.63, 3.8) is 0 Å². The van der Waals surface area contributed by atoms with Crippen LogP contribution in [0.15, 0.2) is 0 Å². The molecule has 1 nitrogen and oxygen atoms in total. The minimum atomic E-state index is 1.000. The van der Waals surface area contributed by atoms with Crippen LogP contribution in [-0.4, -0.2) is 13.1 Å². The van der Waals surface area contributed by atoms with Crippen molar-refractivity contribution in [2.75, 3.05) is 13.1 Å². The monoisotopic (exact) mass is 211 g/mol. The van der Waals surface area contributed by atoms with Gasteiger partial charge in [0.1, 0.15) is 0 Å². The van der Waals surface area contributed by atoms with Gasteiger partial charge < -0.3 is 5.32 Å². The number of nitrogens with one attached hydrogen (secondary N) is 1. The average Bonchev–Trinajstić information content (AvgIpc) is 2.63. The van der Waals surface area contributed by atoms with Crippen LogP contribution in [0.3, 0.4) is 0 Å². The van der Waals surface area contributed by atoms with Gasteiger partial charge in [-0.15, -0.1) is 0 Å². The van der Waals surface area contributed by atoms with Gasteiger partial charge in [0.05, 0.1) is 0 Å². The van der Waals surface area contributed by atoms with Crippen LogP contribution in [0.5, 0.6) is 0 Å². The van der Waals surface area contributed by atoms with E-state index in [1.165, 1.54) is 64.5 Å². The molecule has 0 spiro atoms. The summed E-state index contributed by atoms with van der Waals surface area (Å²) in [6.07, 6.45) is 11.4. The van der Waals surface area contributed by atoms with E-state index in [2.05, 4.69) is 19.2 Å². The quantitative estimate of drug-likeness (QED) is 0.599. The second-order valence-electron chi connectivity index (χ2n) is 5.38. The minimum Gasteiger partial charge on any atom is -0.317 e. The van der Waals surface area contributed by atoms with E-state index in [1.54, 1.807) is 0 Å². The molecule has 0 bridgehead atoms. The number of rotatable bonds is 8. The molecule has 0 radical (unpaired) electrons. The van der Waals surface area contributed by atoms with Gasteiger partial charge in [0.15, 0.2) is 0 Å². The largest absolute Gasteiger partial charge is 0.317 e. The van der Waals surface area contributed by atoms with Crippen molar-refractivity contribution in [2.45, 2.75) is 65.2 Å². The number of unbranched alkanes of at least 4 members (excludes halogenated alkanes) is 3. The van der Waals surface area contributed by atoms with E-state index in [9.17, 15) is 0 Å². The SMILES string of the molecule is CCCCCCNCCC1CCC(C)C1. The van der Waals surface area contributed by atoms with Crippen LogP contribution < -0.4 is 5.32 Å². The molecule has 15 heavy (non-hydrogen) atoms. The molecule has 1 saturated carbocycles. The highest BCUT2D eigenvalue weighted by molar-refractivity contribution is 4.73. The lowest BCUT2D eigenvalue weighted by atomic mass is 10.0. The van der Waals surface area contributed by atoms with Gasteiger partial charge in [0.25, 0.3) is 0 Å². The molecule has 1 rings (SSSR count). The topological polar surface area (TPSA) is 12.0 Å². The maximum absolute atomic E-state index is 3.59. The predicted octanol–water partition coefficient (Wildman–Crippen LogP) is 3.98. The molecule has 1 fully saturated rings. The van der Waals surface area contributed by atoms with Crippen LogP contribution in [0.2, 0.25) is 0 Å². The molecule has 2 atom stereocenters. The lowest BCUT2D eigenvalue weighted by Crippen LogP contribution is -2.18. The van der Waals surface area contributed by atoms with Crippen LogP contribution >= 0.6 is 0 Å². The van der Waals surface area contributed by atoms with Crippen LogP contribution in [0.1, 0.15) is 65.2 Å². The Morgan fingerprint density at radius 2 is 1.93 bits per heavy atom. The van der Waals surface area contributed by atoms with Crippen molar-refractivity contribution in [2.24, 2.45) is 11.8 Å². The zero-order valence-electron chi connectivity index (χ0n) is 10.7. The summed E-state index contributed by atoms with van der Waals surface area (Å²) in [5.41, 5.74) is 0. The molecule has 1 N–H and O–H groups in total. The van der Waals surface area contributed by atoms with Crippen molar-refractivity contribution in [1.29, 1.82) is 0 Å². The van der Waals surface area contributed by atoms with E-state index in [0.717, 1.165) is 11.8 Å². The molecule has 90 valence electrons. The van der Waals surface area contributed by atoms with Crippen LogP contribution in [-0.2, 0) is 0 Å². The van der Waals surface area contributed by atoms with Crippen LogP contribution in [0.25, 0.3) is 0 Å². The zero-order valence-corrected chi connectivity index (χ0v) is 10.7. The molecule has 0 saturated heterocycles. The van der Waals surface area contributed by atoms with Gasteiger partial charge in [0.2, 0.25) is 0 Å². The highest BCUT2D eigenvalue weighted by atomic mass is 14.8. The lowest BCUT2D eigenvalue weighted by molar-refractivity contribution is 0.456.